The van der Waals surface area contributed by atoms with Crippen LogP contribution in [0.5, 0.6) is 0 Å². The van der Waals surface area contributed by atoms with Gasteiger partial charge in [0.2, 0.25) is 0 Å². The Kier molecular flexibility index (Phi) is 5.32. The van der Waals surface area contributed by atoms with Gasteiger partial charge in [-0.1, -0.05) is 11.6 Å². The average molecular weight is 340 g/mol. The van der Waals surface area contributed by atoms with E-state index in [9.17, 15) is 13.4 Å². The smallest absolute Gasteiger partial charge is 0.255 e. The third-order valence-electron chi connectivity index (χ3n) is 3.08. The summed E-state index contributed by atoms with van der Waals surface area (Å²) in [6.07, 6.45) is 1.59. The summed E-state index contributed by atoms with van der Waals surface area (Å²) in [5.74, 6) is -0.372. The van der Waals surface area contributed by atoms with Crippen molar-refractivity contribution in [3.63, 3.8) is 0 Å². The minimum absolute atomic E-state index is 0.318. The number of halogens is 2. The molecule has 2 rings (SSSR count). The lowest BCUT2D eigenvalue weighted by Crippen LogP contribution is -2.12. The Hall–Kier alpha value is -1.72. The van der Waals surface area contributed by atoms with Crippen molar-refractivity contribution in [2.45, 2.75) is 12.7 Å². The van der Waals surface area contributed by atoms with E-state index in [4.69, 9.17) is 11.6 Å². The van der Waals surface area contributed by atoms with Crippen LogP contribution in [0.15, 0.2) is 36.4 Å². The molecule has 0 bridgehead atoms. The molecule has 2 aromatic rings. The van der Waals surface area contributed by atoms with Gasteiger partial charge in [0.25, 0.3) is 5.91 Å². The zero-order valence-electron chi connectivity index (χ0n) is 12.2. The van der Waals surface area contributed by atoms with Crippen molar-refractivity contribution in [1.82, 2.24) is 0 Å². The molecule has 6 heteroatoms. The van der Waals surface area contributed by atoms with E-state index in [2.05, 4.69) is 5.32 Å². The highest BCUT2D eigenvalue weighted by Crippen LogP contribution is 2.22. The summed E-state index contributed by atoms with van der Waals surface area (Å²) in [7, 11) is -1.03. The average Bonchev–Trinajstić information content (AvgIpc) is 2.45. The molecular formula is C16H15ClFNO2S. The Morgan fingerprint density at radius 2 is 2.00 bits per heavy atom. The number of anilines is 1. The summed E-state index contributed by atoms with van der Waals surface area (Å²) >= 11 is 6.04. The minimum Gasteiger partial charge on any atom is -0.322 e. The fraction of sp³-hybridized carbons (Fsp3) is 0.188. The zero-order valence-corrected chi connectivity index (χ0v) is 13.7. The second-order valence-electron chi connectivity index (χ2n) is 4.94. The normalized spacial score (nSPS) is 12.0. The van der Waals surface area contributed by atoms with E-state index in [0.717, 1.165) is 0 Å². The van der Waals surface area contributed by atoms with E-state index in [1.54, 1.807) is 31.4 Å². The van der Waals surface area contributed by atoms with Gasteiger partial charge in [-0.15, -0.1) is 0 Å². The Bertz CT molecular complexity index is 749. The van der Waals surface area contributed by atoms with Crippen LogP contribution in [0.3, 0.4) is 0 Å². The predicted octanol–water partition coefficient (Wildman–Crippen LogP) is 3.92. The Balaban J connectivity index is 2.21. The van der Waals surface area contributed by atoms with E-state index < -0.39 is 10.8 Å². The molecule has 0 aliphatic heterocycles. The summed E-state index contributed by atoms with van der Waals surface area (Å²) in [6, 6.07) is 9.18. The number of hydrogen-bond donors (Lipinski definition) is 1. The van der Waals surface area contributed by atoms with E-state index in [0.29, 0.717) is 33.2 Å². The lowest BCUT2D eigenvalue weighted by molar-refractivity contribution is 0.102. The molecule has 0 aromatic heterocycles. The van der Waals surface area contributed by atoms with Crippen molar-refractivity contribution in [2.24, 2.45) is 0 Å². The molecule has 0 fully saturated rings. The van der Waals surface area contributed by atoms with E-state index in [-0.39, 0.29) is 11.7 Å². The molecule has 0 saturated heterocycles. The van der Waals surface area contributed by atoms with Crippen LogP contribution in [0, 0.1) is 12.7 Å². The topological polar surface area (TPSA) is 46.2 Å². The van der Waals surface area contributed by atoms with Crippen LogP contribution < -0.4 is 5.32 Å². The first-order chi connectivity index (χ1) is 10.4. The van der Waals surface area contributed by atoms with Crippen LogP contribution in [0.4, 0.5) is 10.1 Å². The molecule has 0 aliphatic carbocycles. The molecular weight excluding hydrogens is 325 g/mol. The molecule has 3 nitrogen and oxygen atoms in total. The Labute approximate surface area is 136 Å². The number of hydrogen-bond acceptors (Lipinski definition) is 2. The third-order valence-corrected chi connectivity index (χ3v) is 4.17. The van der Waals surface area contributed by atoms with Crippen LogP contribution in [0.2, 0.25) is 5.02 Å². The fourth-order valence-electron chi connectivity index (χ4n) is 1.97. The summed E-state index contributed by atoms with van der Waals surface area (Å²) in [4.78, 5) is 12.2. The van der Waals surface area contributed by atoms with Gasteiger partial charge in [0, 0.05) is 39.1 Å². The first-order valence-electron chi connectivity index (χ1n) is 6.53. The molecule has 0 heterocycles. The van der Waals surface area contributed by atoms with Crippen molar-refractivity contribution in [2.75, 3.05) is 11.6 Å². The van der Waals surface area contributed by atoms with Crippen LogP contribution in [-0.4, -0.2) is 16.4 Å². The first kappa shape index (κ1) is 16.6. The molecule has 1 atom stereocenters. The van der Waals surface area contributed by atoms with Crippen molar-refractivity contribution in [3.8, 4) is 0 Å². The van der Waals surface area contributed by atoms with Crippen molar-refractivity contribution < 1.29 is 13.4 Å². The molecule has 2 aromatic carbocycles. The highest BCUT2D eigenvalue weighted by Gasteiger charge is 2.10. The van der Waals surface area contributed by atoms with Gasteiger partial charge in [-0.3, -0.25) is 9.00 Å². The van der Waals surface area contributed by atoms with Crippen LogP contribution in [-0.2, 0) is 16.6 Å². The van der Waals surface area contributed by atoms with Crippen LogP contribution >= 0.6 is 11.6 Å². The SMILES string of the molecule is Cc1cc(C(=O)Nc2ccc(Cl)c(C[S@](C)=O)c2)ccc1F. The molecule has 0 unspecified atom stereocenters. The summed E-state index contributed by atoms with van der Waals surface area (Å²) in [6.45, 7) is 1.60. The second-order valence-corrected chi connectivity index (χ2v) is 6.78. The summed E-state index contributed by atoms with van der Waals surface area (Å²) < 4.78 is 24.6. The fourth-order valence-corrected chi connectivity index (χ4v) is 2.91. The highest BCUT2D eigenvalue weighted by molar-refractivity contribution is 7.83. The maximum atomic E-state index is 13.2. The number of aryl methyl sites for hydroxylation is 1. The number of carbonyl (C=O) groups is 1. The van der Waals surface area contributed by atoms with Gasteiger partial charge in [0.05, 0.1) is 0 Å². The van der Waals surface area contributed by atoms with Gasteiger partial charge in [-0.2, -0.15) is 0 Å². The van der Waals surface area contributed by atoms with Gasteiger partial charge in [-0.25, -0.2) is 4.39 Å². The van der Waals surface area contributed by atoms with E-state index >= 15 is 0 Å². The highest BCUT2D eigenvalue weighted by atomic mass is 35.5. The van der Waals surface area contributed by atoms with Gasteiger partial charge in [0.1, 0.15) is 5.82 Å². The summed E-state index contributed by atoms with van der Waals surface area (Å²) in [5, 5.41) is 3.23. The largest absolute Gasteiger partial charge is 0.322 e. The Morgan fingerprint density at radius 3 is 2.64 bits per heavy atom. The van der Waals surface area contributed by atoms with Gasteiger partial charge in [0.15, 0.2) is 0 Å². The zero-order chi connectivity index (χ0) is 16.3. The Morgan fingerprint density at radius 1 is 1.27 bits per heavy atom. The van der Waals surface area contributed by atoms with Crippen LogP contribution in [0.25, 0.3) is 0 Å². The molecule has 0 saturated carbocycles. The maximum absolute atomic E-state index is 13.2. The molecule has 1 amide bonds. The van der Waals surface area contributed by atoms with Crippen molar-refractivity contribution in [3.05, 3.63) is 63.9 Å². The van der Waals surface area contributed by atoms with Gasteiger partial charge >= 0.3 is 0 Å². The number of amides is 1. The summed E-state index contributed by atoms with van der Waals surface area (Å²) in [5.41, 5.74) is 2.03. The van der Waals surface area contributed by atoms with E-state index in [1.807, 2.05) is 0 Å². The molecule has 22 heavy (non-hydrogen) atoms. The molecule has 1 N–H and O–H groups in total. The minimum atomic E-state index is -1.03. The van der Waals surface area contributed by atoms with Gasteiger partial charge < -0.3 is 5.32 Å². The first-order valence-corrected chi connectivity index (χ1v) is 8.63. The second kappa shape index (κ2) is 7.03. The van der Waals surface area contributed by atoms with Gasteiger partial charge in [-0.05, 0) is 54.4 Å². The predicted molar refractivity (Wildman–Crippen MR) is 88.3 cm³/mol. The number of rotatable bonds is 4. The van der Waals surface area contributed by atoms with E-state index in [1.165, 1.54) is 18.2 Å². The molecule has 0 aliphatic rings. The number of carbonyl (C=O) groups excluding carboxylic acids is 1. The maximum Gasteiger partial charge on any atom is 0.255 e. The number of nitrogens with one attached hydrogen (secondary N) is 1. The van der Waals surface area contributed by atoms with Crippen molar-refractivity contribution in [1.29, 1.82) is 0 Å². The molecule has 116 valence electrons. The standard InChI is InChI=1S/C16H15ClFNO2S/c1-10-7-11(3-6-15(10)18)16(20)19-13-4-5-14(17)12(8-13)9-22(2)21/h3-8H,9H2,1-2H3,(H,19,20)/t22-/m0/s1. The lowest BCUT2D eigenvalue weighted by atomic mass is 10.1. The van der Waals surface area contributed by atoms with Crippen LogP contribution in [0.1, 0.15) is 21.5 Å². The third kappa shape index (κ3) is 4.15. The van der Waals surface area contributed by atoms with Crippen molar-refractivity contribution >= 4 is 34.0 Å². The quantitative estimate of drug-likeness (QED) is 0.917. The lowest BCUT2D eigenvalue weighted by Gasteiger charge is -2.09. The number of benzene rings is 2. The monoisotopic (exact) mass is 339 g/mol. The molecule has 0 spiro atoms. The molecule has 0 radical (unpaired) electrons.